The molecule has 0 spiro atoms. The van der Waals surface area contributed by atoms with Gasteiger partial charge in [-0.3, -0.25) is 14.8 Å². The Labute approximate surface area is 148 Å². The smallest absolute Gasteiger partial charge is 0.0991 e. The van der Waals surface area contributed by atoms with Crippen molar-refractivity contribution in [3.05, 3.63) is 41.5 Å². The Kier molecular flexibility index (Phi) is 7.19. The summed E-state index contributed by atoms with van der Waals surface area (Å²) in [6, 6.07) is 9.41. The molecular formula is C21H33N3. The number of hydrogen-bond donors (Lipinski definition) is 0. The van der Waals surface area contributed by atoms with Crippen LogP contribution in [0.5, 0.6) is 0 Å². The van der Waals surface area contributed by atoms with E-state index in [1.54, 1.807) is 0 Å². The van der Waals surface area contributed by atoms with E-state index >= 15 is 0 Å². The number of piperazine rings is 1. The topological polar surface area (TPSA) is 18.8 Å². The molecule has 0 radical (unpaired) electrons. The average molecular weight is 328 g/mol. The van der Waals surface area contributed by atoms with Gasteiger partial charge in [-0.1, -0.05) is 37.3 Å². The fraction of sp³-hybridized carbons (Fsp3) is 0.571. The van der Waals surface area contributed by atoms with E-state index in [4.69, 9.17) is 4.99 Å². The maximum atomic E-state index is 4.83. The highest BCUT2D eigenvalue weighted by molar-refractivity contribution is 6.09. The lowest BCUT2D eigenvalue weighted by atomic mass is 10.0. The molecule has 1 heterocycles. The zero-order chi connectivity index (χ0) is 17.5. The van der Waals surface area contributed by atoms with Crippen molar-refractivity contribution in [1.29, 1.82) is 0 Å². The summed E-state index contributed by atoms with van der Waals surface area (Å²) in [5.41, 5.74) is 3.84. The highest BCUT2D eigenvalue weighted by atomic mass is 15.3. The number of allylic oxidation sites excluding steroid dienone is 2. The van der Waals surface area contributed by atoms with Gasteiger partial charge < -0.3 is 0 Å². The second-order valence-corrected chi connectivity index (χ2v) is 6.87. The predicted octanol–water partition coefficient (Wildman–Crippen LogP) is 4.10. The third-order valence-corrected chi connectivity index (χ3v) is 5.02. The minimum atomic E-state index is 0.239. The number of aryl methyl sites for hydroxylation is 1. The van der Waals surface area contributed by atoms with E-state index in [0.717, 1.165) is 32.6 Å². The van der Waals surface area contributed by atoms with Gasteiger partial charge in [-0.05, 0) is 50.8 Å². The third-order valence-electron chi connectivity index (χ3n) is 5.02. The molecule has 2 rings (SSSR count). The van der Waals surface area contributed by atoms with Crippen molar-refractivity contribution < 1.29 is 0 Å². The third kappa shape index (κ3) is 5.02. The molecule has 3 heteroatoms. The van der Waals surface area contributed by atoms with Crippen molar-refractivity contribution >= 4 is 11.8 Å². The molecule has 0 aliphatic carbocycles. The molecule has 0 N–H and O–H groups in total. The number of rotatable bonds is 6. The Bertz CT molecular complexity index is 566. The Hall–Kier alpha value is -1.45. The van der Waals surface area contributed by atoms with Crippen molar-refractivity contribution in [2.24, 2.45) is 4.99 Å². The molecule has 1 aromatic rings. The molecular weight excluding hydrogens is 294 g/mol. The van der Waals surface area contributed by atoms with Gasteiger partial charge in [-0.25, -0.2) is 0 Å². The Morgan fingerprint density at radius 1 is 1.12 bits per heavy atom. The summed E-state index contributed by atoms with van der Waals surface area (Å²) in [5.74, 6) is 0. The quantitative estimate of drug-likeness (QED) is 0.733. The SMILES string of the molecule is C/C=C(\C=N/C(C)N1CCN(C(C)C)CC1)c1cccc(CC)c1. The van der Waals surface area contributed by atoms with Gasteiger partial charge >= 0.3 is 0 Å². The zero-order valence-corrected chi connectivity index (χ0v) is 16.0. The predicted molar refractivity (Wildman–Crippen MR) is 106 cm³/mol. The highest BCUT2D eigenvalue weighted by Crippen LogP contribution is 2.16. The van der Waals surface area contributed by atoms with Crippen LogP contribution in [-0.2, 0) is 6.42 Å². The molecule has 1 unspecified atom stereocenters. The molecule has 0 amide bonds. The van der Waals surface area contributed by atoms with E-state index in [-0.39, 0.29) is 6.17 Å². The lowest BCUT2D eigenvalue weighted by molar-refractivity contribution is 0.0862. The van der Waals surface area contributed by atoms with Crippen molar-refractivity contribution in [2.75, 3.05) is 26.2 Å². The van der Waals surface area contributed by atoms with E-state index < -0.39 is 0 Å². The van der Waals surface area contributed by atoms with Gasteiger partial charge in [0.2, 0.25) is 0 Å². The van der Waals surface area contributed by atoms with Crippen LogP contribution in [0.25, 0.3) is 5.57 Å². The normalized spacial score (nSPS) is 19.3. The summed E-state index contributed by atoms with van der Waals surface area (Å²) in [6.45, 7) is 15.5. The first-order valence-corrected chi connectivity index (χ1v) is 9.32. The van der Waals surface area contributed by atoms with Gasteiger partial charge in [0.1, 0.15) is 0 Å². The first kappa shape index (κ1) is 18.9. The first-order chi connectivity index (χ1) is 11.5. The van der Waals surface area contributed by atoms with Crippen molar-refractivity contribution in [3.63, 3.8) is 0 Å². The van der Waals surface area contributed by atoms with Gasteiger partial charge in [0.15, 0.2) is 0 Å². The maximum Gasteiger partial charge on any atom is 0.0991 e. The van der Waals surface area contributed by atoms with E-state index in [1.165, 1.54) is 16.7 Å². The lowest BCUT2D eigenvalue weighted by Gasteiger charge is -2.38. The molecule has 1 fully saturated rings. The van der Waals surface area contributed by atoms with Gasteiger partial charge in [-0.2, -0.15) is 0 Å². The fourth-order valence-electron chi connectivity index (χ4n) is 3.20. The summed E-state index contributed by atoms with van der Waals surface area (Å²) in [5, 5.41) is 0. The van der Waals surface area contributed by atoms with Crippen LogP contribution in [0.3, 0.4) is 0 Å². The maximum absolute atomic E-state index is 4.83. The van der Waals surface area contributed by atoms with Crippen LogP contribution in [0, 0.1) is 0 Å². The first-order valence-electron chi connectivity index (χ1n) is 9.32. The Balaban J connectivity index is 1.98. The largest absolute Gasteiger partial charge is 0.298 e. The average Bonchev–Trinajstić information content (AvgIpc) is 2.62. The van der Waals surface area contributed by atoms with E-state index in [0.29, 0.717) is 6.04 Å². The molecule has 1 aliphatic heterocycles. The summed E-state index contributed by atoms with van der Waals surface area (Å²) in [4.78, 5) is 9.85. The summed E-state index contributed by atoms with van der Waals surface area (Å²) in [6.07, 6.45) is 5.51. The van der Waals surface area contributed by atoms with E-state index in [1.807, 2.05) is 6.21 Å². The Morgan fingerprint density at radius 3 is 2.38 bits per heavy atom. The van der Waals surface area contributed by atoms with Crippen molar-refractivity contribution in [2.45, 2.75) is 53.2 Å². The molecule has 132 valence electrons. The van der Waals surface area contributed by atoms with Crippen LogP contribution in [0.4, 0.5) is 0 Å². The zero-order valence-electron chi connectivity index (χ0n) is 16.0. The van der Waals surface area contributed by atoms with Crippen molar-refractivity contribution in [1.82, 2.24) is 9.80 Å². The molecule has 0 aromatic heterocycles. The monoisotopic (exact) mass is 327 g/mol. The number of nitrogens with zero attached hydrogens (tertiary/aromatic N) is 3. The van der Waals surface area contributed by atoms with Crippen LogP contribution in [0.1, 0.15) is 45.7 Å². The highest BCUT2D eigenvalue weighted by Gasteiger charge is 2.21. The minimum Gasteiger partial charge on any atom is -0.298 e. The molecule has 3 nitrogen and oxygen atoms in total. The second-order valence-electron chi connectivity index (χ2n) is 6.87. The molecule has 1 atom stereocenters. The van der Waals surface area contributed by atoms with Crippen LogP contribution in [0.15, 0.2) is 35.3 Å². The number of aliphatic imine (C=N–C) groups is 1. The van der Waals surface area contributed by atoms with Gasteiger partial charge in [0.05, 0.1) is 6.17 Å². The molecule has 1 aliphatic rings. The van der Waals surface area contributed by atoms with Crippen LogP contribution >= 0.6 is 0 Å². The fourth-order valence-corrected chi connectivity index (χ4v) is 3.20. The minimum absolute atomic E-state index is 0.239. The summed E-state index contributed by atoms with van der Waals surface area (Å²) in [7, 11) is 0. The molecule has 24 heavy (non-hydrogen) atoms. The van der Waals surface area contributed by atoms with Crippen LogP contribution < -0.4 is 0 Å². The number of benzene rings is 1. The van der Waals surface area contributed by atoms with Crippen LogP contribution in [0.2, 0.25) is 0 Å². The van der Waals surface area contributed by atoms with Gasteiger partial charge in [-0.15, -0.1) is 0 Å². The van der Waals surface area contributed by atoms with Gasteiger partial charge in [0.25, 0.3) is 0 Å². The number of hydrogen-bond acceptors (Lipinski definition) is 3. The molecule has 0 saturated carbocycles. The molecule has 1 saturated heterocycles. The molecule has 0 bridgehead atoms. The van der Waals surface area contributed by atoms with E-state index in [2.05, 4.69) is 74.8 Å². The second kappa shape index (κ2) is 9.14. The lowest BCUT2D eigenvalue weighted by Crippen LogP contribution is -2.51. The summed E-state index contributed by atoms with van der Waals surface area (Å²) < 4.78 is 0. The van der Waals surface area contributed by atoms with Crippen LogP contribution in [-0.4, -0.2) is 54.4 Å². The van der Waals surface area contributed by atoms with Gasteiger partial charge in [0, 0.05) is 38.4 Å². The standard InChI is InChI=1S/C21H33N3/c1-6-19-9-8-10-21(15-19)20(7-2)16-22-18(5)24-13-11-23(12-14-24)17(3)4/h7-10,15-18H,6,11-14H2,1-5H3/b20-7+,22-16-. The summed E-state index contributed by atoms with van der Waals surface area (Å²) >= 11 is 0. The van der Waals surface area contributed by atoms with E-state index in [9.17, 15) is 0 Å². The Morgan fingerprint density at radius 2 is 1.79 bits per heavy atom. The van der Waals surface area contributed by atoms with Crippen molar-refractivity contribution in [3.8, 4) is 0 Å². The molecule has 1 aromatic carbocycles.